The van der Waals surface area contributed by atoms with Crippen LogP contribution in [0.5, 0.6) is 0 Å². The lowest BCUT2D eigenvalue weighted by atomic mass is 10.2. The molecule has 0 fully saturated rings. The Morgan fingerprint density at radius 1 is 1.35 bits per heavy atom. The smallest absolute Gasteiger partial charge is 0.273 e. The van der Waals surface area contributed by atoms with Crippen LogP contribution in [0.3, 0.4) is 0 Å². The van der Waals surface area contributed by atoms with Crippen molar-refractivity contribution in [2.45, 2.75) is 6.54 Å². The molecule has 0 spiro atoms. The van der Waals surface area contributed by atoms with Crippen LogP contribution in [-0.4, -0.2) is 26.2 Å². The molecule has 3 N–H and O–H groups in total. The van der Waals surface area contributed by atoms with Crippen LogP contribution in [0, 0.1) is 0 Å². The Hall–Kier alpha value is -2.61. The van der Waals surface area contributed by atoms with Crippen molar-refractivity contribution in [3.05, 3.63) is 46.8 Å². The second-order valence-corrected chi connectivity index (χ2v) is 5.88. The van der Waals surface area contributed by atoms with E-state index in [4.69, 9.17) is 5.73 Å². The third-order valence-corrected chi connectivity index (χ3v) is 4.27. The predicted molar refractivity (Wildman–Crippen MR) is 90.0 cm³/mol. The molecule has 2 aromatic heterocycles. The van der Waals surface area contributed by atoms with Crippen molar-refractivity contribution in [2.75, 3.05) is 5.32 Å². The summed E-state index contributed by atoms with van der Waals surface area (Å²) in [5, 5.41) is 7.71. The molecule has 3 aromatic rings. The van der Waals surface area contributed by atoms with Crippen LogP contribution in [-0.2, 0) is 18.4 Å². The lowest BCUT2D eigenvalue weighted by molar-refractivity contribution is -0.118. The zero-order valence-electron chi connectivity index (χ0n) is 12.3. The lowest BCUT2D eigenvalue weighted by Gasteiger charge is -2.05. The Morgan fingerprint density at radius 2 is 2.09 bits per heavy atom. The second kappa shape index (κ2) is 5.88. The van der Waals surface area contributed by atoms with E-state index in [0.29, 0.717) is 11.4 Å². The highest BCUT2D eigenvalue weighted by Gasteiger charge is 2.19. The fourth-order valence-corrected chi connectivity index (χ4v) is 3.24. The first kappa shape index (κ1) is 15.3. The number of carbonyl (C=O) groups is 2. The van der Waals surface area contributed by atoms with Crippen LogP contribution >= 0.6 is 15.9 Å². The molecule has 0 saturated carbocycles. The average Bonchev–Trinajstić information content (AvgIpc) is 3.02. The standard InChI is InChI=1S/C15H14BrN5O2/c1-20-11-5-3-2-4-10(11)13(16)14(20)15(23)19-9-6-18-21(7-9)8-12(17)22/h2-7H,8H2,1H3,(H2,17,22)(H,19,23). The summed E-state index contributed by atoms with van der Waals surface area (Å²) in [6.07, 6.45) is 3.02. The van der Waals surface area contributed by atoms with E-state index in [1.54, 1.807) is 6.20 Å². The van der Waals surface area contributed by atoms with E-state index < -0.39 is 5.91 Å². The number of carbonyl (C=O) groups excluding carboxylic acids is 2. The van der Waals surface area contributed by atoms with Gasteiger partial charge in [-0.2, -0.15) is 5.10 Å². The van der Waals surface area contributed by atoms with E-state index in [2.05, 4.69) is 26.3 Å². The van der Waals surface area contributed by atoms with Crippen LogP contribution in [0.25, 0.3) is 10.9 Å². The normalized spacial score (nSPS) is 10.9. The molecule has 0 saturated heterocycles. The van der Waals surface area contributed by atoms with Crippen LogP contribution in [0.15, 0.2) is 41.1 Å². The number of aromatic nitrogens is 3. The summed E-state index contributed by atoms with van der Waals surface area (Å²) in [5.74, 6) is -0.767. The van der Waals surface area contributed by atoms with Crippen LogP contribution in [0.1, 0.15) is 10.5 Å². The largest absolute Gasteiger partial charge is 0.368 e. The number of fused-ring (bicyclic) bond motifs is 1. The van der Waals surface area contributed by atoms with Crippen LogP contribution in [0.2, 0.25) is 0 Å². The number of para-hydroxylation sites is 1. The number of nitrogens with two attached hydrogens (primary N) is 1. The number of rotatable bonds is 4. The number of hydrogen-bond donors (Lipinski definition) is 2. The van der Waals surface area contributed by atoms with Crippen molar-refractivity contribution in [2.24, 2.45) is 12.8 Å². The van der Waals surface area contributed by atoms with Gasteiger partial charge in [0.2, 0.25) is 5.91 Å². The van der Waals surface area contributed by atoms with E-state index in [1.807, 2.05) is 35.9 Å². The molecule has 3 rings (SSSR count). The monoisotopic (exact) mass is 375 g/mol. The maximum atomic E-state index is 12.6. The fourth-order valence-electron chi connectivity index (χ4n) is 2.46. The number of halogens is 1. The fraction of sp³-hybridized carbons (Fsp3) is 0.133. The molecule has 0 unspecified atom stereocenters. The Morgan fingerprint density at radius 3 is 2.78 bits per heavy atom. The van der Waals surface area contributed by atoms with Crippen LogP contribution < -0.4 is 11.1 Å². The molecule has 2 heterocycles. The van der Waals surface area contributed by atoms with Crippen LogP contribution in [0.4, 0.5) is 5.69 Å². The molecule has 23 heavy (non-hydrogen) atoms. The van der Waals surface area contributed by atoms with Crippen molar-refractivity contribution in [3.63, 3.8) is 0 Å². The van der Waals surface area contributed by atoms with E-state index in [-0.39, 0.29) is 12.5 Å². The van der Waals surface area contributed by atoms with Gasteiger partial charge in [-0.05, 0) is 22.0 Å². The first-order valence-electron chi connectivity index (χ1n) is 6.82. The molecular formula is C15H14BrN5O2. The highest BCUT2D eigenvalue weighted by molar-refractivity contribution is 9.10. The van der Waals surface area contributed by atoms with E-state index >= 15 is 0 Å². The molecule has 0 aliphatic heterocycles. The minimum atomic E-state index is -0.498. The summed E-state index contributed by atoms with van der Waals surface area (Å²) in [7, 11) is 1.83. The van der Waals surface area contributed by atoms with Crippen molar-refractivity contribution in [1.82, 2.24) is 14.3 Å². The molecule has 0 bridgehead atoms. The van der Waals surface area contributed by atoms with Gasteiger partial charge in [0.25, 0.3) is 5.91 Å². The summed E-state index contributed by atoms with van der Waals surface area (Å²) in [4.78, 5) is 23.4. The summed E-state index contributed by atoms with van der Waals surface area (Å²) < 4.78 is 3.93. The maximum absolute atomic E-state index is 12.6. The quantitative estimate of drug-likeness (QED) is 0.728. The number of nitrogens with one attached hydrogen (secondary N) is 1. The molecule has 0 aliphatic rings. The second-order valence-electron chi connectivity index (χ2n) is 5.09. The van der Waals surface area contributed by atoms with Gasteiger partial charge < -0.3 is 15.6 Å². The van der Waals surface area contributed by atoms with Crippen molar-refractivity contribution in [3.8, 4) is 0 Å². The summed E-state index contributed by atoms with van der Waals surface area (Å²) >= 11 is 3.49. The summed E-state index contributed by atoms with van der Waals surface area (Å²) in [6, 6.07) is 7.73. The van der Waals surface area contributed by atoms with E-state index in [1.165, 1.54) is 10.9 Å². The SMILES string of the molecule is Cn1c(C(=O)Nc2cnn(CC(N)=O)c2)c(Br)c2ccccc21. The van der Waals surface area contributed by atoms with Gasteiger partial charge in [-0.15, -0.1) is 0 Å². The third-order valence-electron chi connectivity index (χ3n) is 3.47. The molecule has 0 atom stereocenters. The summed E-state index contributed by atoms with van der Waals surface area (Å²) in [6.45, 7) is -0.0341. The number of hydrogen-bond acceptors (Lipinski definition) is 3. The summed E-state index contributed by atoms with van der Waals surface area (Å²) in [5.41, 5.74) is 7.07. The lowest BCUT2D eigenvalue weighted by Crippen LogP contribution is -2.19. The molecule has 118 valence electrons. The highest BCUT2D eigenvalue weighted by Crippen LogP contribution is 2.30. The van der Waals surface area contributed by atoms with Gasteiger partial charge in [0.15, 0.2) is 0 Å². The third kappa shape index (κ3) is 2.85. The van der Waals surface area contributed by atoms with Gasteiger partial charge in [0.1, 0.15) is 12.2 Å². The van der Waals surface area contributed by atoms with Gasteiger partial charge >= 0.3 is 0 Å². The van der Waals surface area contributed by atoms with Crippen molar-refractivity contribution in [1.29, 1.82) is 0 Å². The average molecular weight is 376 g/mol. The number of amides is 2. The Balaban J connectivity index is 1.89. The predicted octanol–water partition coefficient (Wildman–Crippen LogP) is 1.87. The number of benzene rings is 1. The maximum Gasteiger partial charge on any atom is 0.273 e. The zero-order valence-corrected chi connectivity index (χ0v) is 13.9. The minimum Gasteiger partial charge on any atom is -0.368 e. The zero-order chi connectivity index (χ0) is 16.6. The van der Waals surface area contributed by atoms with Crippen molar-refractivity contribution < 1.29 is 9.59 Å². The first-order valence-corrected chi connectivity index (χ1v) is 7.61. The highest BCUT2D eigenvalue weighted by atomic mass is 79.9. The molecule has 2 amide bonds. The minimum absolute atomic E-state index is 0.0341. The Bertz CT molecular complexity index is 873. The van der Waals surface area contributed by atoms with Crippen molar-refractivity contribution >= 4 is 44.3 Å². The number of anilines is 1. The van der Waals surface area contributed by atoms with Gasteiger partial charge in [-0.3, -0.25) is 14.3 Å². The number of primary amides is 1. The van der Waals surface area contributed by atoms with Gasteiger partial charge in [-0.25, -0.2) is 0 Å². The molecular weight excluding hydrogens is 362 g/mol. The Kier molecular flexibility index (Phi) is 3.91. The molecule has 7 nitrogen and oxygen atoms in total. The number of nitrogens with zero attached hydrogens (tertiary/aromatic N) is 3. The van der Waals surface area contributed by atoms with Gasteiger partial charge in [0.05, 0.1) is 16.4 Å². The number of aryl methyl sites for hydroxylation is 1. The Labute approximate surface area is 140 Å². The van der Waals surface area contributed by atoms with E-state index in [9.17, 15) is 9.59 Å². The molecule has 1 aromatic carbocycles. The molecule has 0 radical (unpaired) electrons. The first-order chi connectivity index (χ1) is 11.0. The van der Waals surface area contributed by atoms with Gasteiger partial charge in [-0.1, -0.05) is 18.2 Å². The molecule has 8 heteroatoms. The topological polar surface area (TPSA) is 94.9 Å². The van der Waals surface area contributed by atoms with E-state index in [0.717, 1.165) is 15.4 Å². The molecule has 0 aliphatic carbocycles. The van der Waals surface area contributed by atoms with Gasteiger partial charge in [0, 0.05) is 24.1 Å².